The fourth-order valence-electron chi connectivity index (χ4n) is 1.83. The van der Waals surface area contributed by atoms with Crippen molar-refractivity contribution >= 4 is 5.97 Å². The Morgan fingerprint density at radius 3 is 2.63 bits per heavy atom. The molecule has 0 radical (unpaired) electrons. The van der Waals surface area contributed by atoms with Crippen LogP contribution < -0.4 is 4.74 Å². The molecule has 2 rings (SSSR count). The number of aromatic hydroxyl groups is 1. The number of hydrogen-bond acceptors (Lipinski definition) is 3. The predicted octanol–water partition coefficient (Wildman–Crippen LogP) is 3.16. The van der Waals surface area contributed by atoms with Crippen molar-refractivity contribution in [2.75, 3.05) is 6.61 Å². The Balaban J connectivity index is 2.46. The minimum Gasteiger partial charge on any atom is -0.508 e. The predicted molar refractivity (Wildman–Crippen MR) is 71.7 cm³/mol. The number of hydrogen-bond donors (Lipinski definition) is 2. The first-order valence-electron chi connectivity index (χ1n) is 5.90. The lowest BCUT2D eigenvalue weighted by molar-refractivity contribution is 0.0696. The van der Waals surface area contributed by atoms with Crippen molar-refractivity contribution in [2.24, 2.45) is 0 Å². The van der Waals surface area contributed by atoms with Gasteiger partial charge in [-0.15, -0.1) is 0 Å². The highest BCUT2D eigenvalue weighted by molar-refractivity contribution is 5.90. The van der Waals surface area contributed by atoms with Crippen molar-refractivity contribution in [3.8, 4) is 22.6 Å². The number of carbonyl (C=O) groups is 1. The largest absolute Gasteiger partial charge is 0.508 e. The standard InChI is InChI=1S/C15H14O4/c1-2-19-14-5-3-4-10(9-14)11-6-12(15(17)18)8-13(16)7-11/h3-9,16H,2H2,1H3,(H,17,18). The van der Waals surface area contributed by atoms with E-state index in [0.717, 1.165) is 5.56 Å². The van der Waals surface area contributed by atoms with Crippen LogP contribution in [0.25, 0.3) is 11.1 Å². The molecule has 19 heavy (non-hydrogen) atoms. The molecule has 2 aromatic rings. The quantitative estimate of drug-likeness (QED) is 0.884. The highest BCUT2D eigenvalue weighted by Gasteiger charge is 2.08. The van der Waals surface area contributed by atoms with E-state index in [1.807, 2.05) is 31.2 Å². The Labute approximate surface area is 110 Å². The Hall–Kier alpha value is -2.49. The van der Waals surface area contributed by atoms with Gasteiger partial charge in [0.05, 0.1) is 12.2 Å². The van der Waals surface area contributed by atoms with Gasteiger partial charge in [0.1, 0.15) is 11.5 Å². The first-order chi connectivity index (χ1) is 9.10. The van der Waals surface area contributed by atoms with E-state index in [9.17, 15) is 9.90 Å². The summed E-state index contributed by atoms with van der Waals surface area (Å²) in [5.74, 6) is -0.435. The highest BCUT2D eigenvalue weighted by atomic mass is 16.5. The van der Waals surface area contributed by atoms with E-state index in [-0.39, 0.29) is 11.3 Å². The lowest BCUT2D eigenvalue weighted by Gasteiger charge is -2.07. The molecule has 0 aliphatic carbocycles. The van der Waals surface area contributed by atoms with Crippen molar-refractivity contribution in [3.63, 3.8) is 0 Å². The third-order valence-electron chi connectivity index (χ3n) is 2.64. The first kappa shape index (κ1) is 13.0. The lowest BCUT2D eigenvalue weighted by Crippen LogP contribution is -1.96. The molecule has 0 spiro atoms. The fourth-order valence-corrected chi connectivity index (χ4v) is 1.83. The topological polar surface area (TPSA) is 66.8 Å². The molecule has 0 unspecified atom stereocenters. The Kier molecular flexibility index (Phi) is 3.71. The van der Waals surface area contributed by atoms with Crippen LogP contribution in [0.2, 0.25) is 0 Å². The zero-order valence-electron chi connectivity index (χ0n) is 10.5. The molecule has 0 bridgehead atoms. The van der Waals surface area contributed by atoms with E-state index >= 15 is 0 Å². The van der Waals surface area contributed by atoms with Crippen LogP contribution in [-0.2, 0) is 0 Å². The van der Waals surface area contributed by atoms with Gasteiger partial charge in [-0.1, -0.05) is 12.1 Å². The maximum absolute atomic E-state index is 11.0. The number of carboxylic acid groups (broad SMARTS) is 1. The van der Waals surface area contributed by atoms with Gasteiger partial charge in [0.15, 0.2) is 0 Å². The van der Waals surface area contributed by atoms with E-state index < -0.39 is 5.97 Å². The van der Waals surface area contributed by atoms with Gasteiger partial charge >= 0.3 is 5.97 Å². The molecule has 2 aromatic carbocycles. The molecule has 2 N–H and O–H groups in total. The molecule has 4 nitrogen and oxygen atoms in total. The average molecular weight is 258 g/mol. The number of ether oxygens (including phenoxy) is 1. The fraction of sp³-hybridized carbons (Fsp3) is 0.133. The minimum atomic E-state index is -1.07. The van der Waals surface area contributed by atoms with Crippen molar-refractivity contribution in [3.05, 3.63) is 48.0 Å². The molecule has 0 heterocycles. The summed E-state index contributed by atoms with van der Waals surface area (Å²) < 4.78 is 5.40. The second-order valence-electron chi connectivity index (χ2n) is 4.03. The van der Waals surface area contributed by atoms with Gasteiger partial charge in [-0.05, 0) is 48.4 Å². The SMILES string of the molecule is CCOc1cccc(-c2cc(O)cc(C(=O)O)c2)c1. The van der Waals surface area contributed by atoms with Crippen molar-refractivity contribution in [2.45, 2.75) is 6.92 Å². The van der Waals surface area contributed by atoms with Crippen LogP contribution >= 0.6 is 0 Å². The van der Waals surface area contributed by atoms with Crippen LogP contribution in [0.1, 0.15) is 17.3 Å². The first-order valence-corrected chi connectivity index (χ1v) is 5.90. The van der Waals surface area contributed by atoms with Crippen LogP contribution in [0.3, 0.4) is 0 Å². The number of phenols is 1. The van der Waals surface area contributed by atoms with E-state index in [4.69, 9.17) is 9.84 Å². The van der Waals surface area contributed by atoms with Crippen LogP contribution in [0.15, 0.2) is 42.5 Å². The van der Waals surface area contributed by atoms with Crippen LogP contribution in [0.4, 0.5) is 0 Å². The molecule has 0 saturated carbocycles. The minimum absolute atomic E-state index is 0.0526. The average Bonchev–Trinajstić information content (AvgIpc) is 2.38. The van der Waals surface area contributed by atoms with Gasteiger partial charge in [-0.25, -0.2) is 4.79 Å². The summed E-state index contributed by atoms with van der Waals surface area (Å²) in [7, 11) is 0. The van der Waals surface area contributed by atoms with Crippen molar-refractivity contribution in [1.82, 2.24) is 0 Å². The zero-order chi connectivity index (χ0) is 13.8. The second-order valence-corrected chi connectivity index (χ2v) is 4.03. The summed E-state index contributed by atoms with van der Waals surface area (Å²) in [6.07, 6.45) is 0. The summed E-state index contributed by atoms with van der Waals surface area (Å²) in [6, 6.07) is 11.6. The van der Waals surface area contributed by atoms with Gasteiger partial charge in [0, 0.05) is 0 Å². The zero-order valence-corrected chi connectivity index (χ0v) is 10.5. The Bertz CT molecular complexity index is 605. The Morgan fingerprint density at radius 2 is 1.95 bits per heavy atom. The van der Waals surface area contributed by atoms with Crippen LogP contribution in [0.5, 0.6) is 11.5 Å². The molecule has 0 aliphatic rings. The van der Waals surface area contributed by atoms with E-state index in [0.29, 0.717) is 17.9 Å². The van der Waals surface area contributed by atoms with Crippen molar-refractivity contribution < 1.29 is 19.7 Å². The van der Waals surface area contributed by atoms with Crippen LogP contribution in [0, 0.1) is 0 Å². The van der Waals surface area contributed by atoms with Gasteiger partial charge < -0.3 is 14.9 Å². The smallest absolute Gasteiger partial charge is 0.335 e. The number of phenolic OH excluding ortho intramolecular Hbond substituents is 1. The van der Waals surface area contributed by atoms with Crippen LogP contribution in [-0.4, -0.2) is 22.8 Å². The molecule has 4 heteroatoms. The molecule has 0 saturated heterocycles. The summed E-state index contributed by atoms with van der Waals surface area (Å²) in [6.45, 7) is 2.45. The van der Waals surface area contributed by atoms with Gasteiger partial charge in [0.2, 0.25) is 0 Å². The second kappa shape index (κ2) is 5.44. The number of benzene rings is 2. The highest BCUT2D eigenvalue weighted by Crippen LogP contribution is 2.28. The maximum Gasteiger partial charge on any atom is 0.335 e. The molecule has 98 valence electrons. The molecule has 0 atom stereocenters. The summed E-state index contributed by atoms with van der Waals surface area (Å²) in [5.41, 5.74) is 1.49. The van der Waals surface area contributed by atoms with Gasteiger partial charge in [-0.3, -0.25) is 0 Å². The normalized spacial score (nSPS) is 10.2. The number of rotatable bonds is 4. The molecule has 0 aromatic heterocycles. The molecule has 0 amide bonds. The maximum atomic E-state index is 11.0. The lowest BCUT2D eigenvalue weighted by atomic mass is 10.0. The third kappa shape index (κ3) is 3.04. The Morgan fingerprint density at radius 1 is 1.16 bits per heavy atom. The number of carboxylic acids is 1. The van der Waals surface area contributed by atoms with E-state index in [1.165, 1.54) is 18.2 Å². The monoisotopic (exact) mass is 258 g/mol. The third-order valence-corrected chi connectivity index (χ3v) is 2.64. The molecular weight excluding hydrogens is 244 g/mol. The number of aromatic carboxylic acids is 1. The van der Waals surface area contributed by atoms with Crippen molar-refractivity contribution in [1.29, 1.82) is 0 Å². The summed E-state index contributed by atoms with van der Waals surface area (Å²) in [5, 5.41) is 18.6. The molecular formula is C15H14O4. The summed E-state index contributed by atoms with van der Waals surface area (Å²) in [4.78, 5) is 11.0. The summed E-state index contributed by atoms with van der Waals surface area (Å²) >= 11 is 0. The van der Waals surface area contributed by atoms with Gasteiger partial charge in [-0.2, -0.15) is 0 Å². The molecule has 0 fully saturated rings. The van der Waals surface area contributed by atoms with Gasteiger partial charge in [0.25, 0.3) is 0 Å². The van der Waals surface area contributed by atoms with E-state index in [2.05, 4.69) is 0 Å². The molecule has 0 aliphatic heterocycles. The van der Waals surface area contributed by atoms with E-state index in [1.54, 1.807) is 0 Å².